The molecule has 0 saturated heterocycles. The predicted molar refractivity (Wildman–Crippen MR) is 54.7 cm³/mol. The first-order valence-electron chi connectivity index (χ1n) is 3.77. The molecule has 0 aliphatic heterocycles. The summed E-state index contributed by atoms with van der Waals surface area (Å²) in [6.45, 7) is 0. The summed E-state index contributed by atoms with van der Waals surface area (Å²) >= 11 is 1.40. The maximum Gasteiger partial charge on any atom is 0.276 e. The minimum Gasteiger partial charge on any atom is -0.391 e. The molecule has 0 amide bonds. The van der Waals surface area contributed by atoms with E-state index in [1.807, 2.05) is 5.38 Å². The van der Waals surface area contributed by atoms with Gasteiger partial charge in [-0.15, -0.1) is 11.3 Å². The SMILES string of the molecule is Nc1c(Nc2nccs2)nc[nH]c1=O. The fraction of sp³-hybridized carbons (Fsp3) is 0. The van der Waals surface area contributed by atoms with Crippen molar-refractivity contribution in [1.82, 2.24) is 15.0 Å². The smallest absolute Gasteiger partial charge is 0.276 e. The van der Waals surface area contributed by atoms with E-state index in [1.165, 1.54) is 17.7 Å². The average molecular weight is 209 g/mol. The van der Waals surface area contributed by atoms with E-state index in [-0.39, 0.29) is 11.2 Å². The number of hydrogen-bond acceptors (Lipinski definition) is 6. The summed E-state index contributed by atoms with van der Waals surface area (Å²) in [5.74, 6) is 0.323. The molecule has 0 aliphatic carbocycles. The number of nitrogens with zero attached hydrogens (tertiary/aromatic N) is 2. The zero-order valence-corrected chi connectivity index (χ0v) is 7.84. The number of H-pyrrole nitrogens is 1. The van der Waals surface area contributed by atoms with Crippen molar-refractivity contribution in [2.24, 2.45) is 0 Å². The summed E-state index contributed by atoms with van der Waals surface area (Å²) in [5, 5.41) is 5.30. The van der Waals surface area contributed by atoms with Crippen LogP contribution in [0.5, 0.6) is 0 Å². The fourth-order valence-electron chi connectivity index (χ4n) is 0.896. The molecule has 14 heavy (non-hydrogen) atoms. The van der Waals surface area contributed by atoms with Crippen molar-refractivity contribution in [3.05, 3.63) is 28.3 Å². The van der Waals surface area contributed by atoms with Gasteiger partial charge in [0.25, 0.3) is 5.56 Å². The van der Waals surface area contributed by atoms with E-state index in [2.05, 4.69) is 20.3 Å². The maximum absolute atomic E-state index is 11.1. The molecule has 0 radical (unpaired) electrons. The highest BCUT2D eigenvalue weighted by Gasteiger charge is 2.05. The summed E-state index contributed by atoms with van der Waals surface area (Å²) in [6.07, 6.45) is 2.94. The normalized spacial score (nSPS) is 10.0. The topological polar surface area (TPSA) is 96.7 Å². The van der Waals surface area contributed by atoms with Gasteiger partial charge in [0.2, 0.25) is 0 Å². The van der Waals surface area contributed by atoms with Crippen LogP contribution in [0.1, 0.15) is 0 Å². The molecule has 0 unspecified atom stereocenters. The Morgan fingerprint density at radius 2 is 2.36 bits per heavy atom. The van der Waals surface area contributed by atoms with Gasteiger partial charge in [-0.25, -0.2) is 9.97 Å². The van der Waals surface area contributed by atoms with Crippen LogP contribution in [0.25, 0.3) is 0 Å². The minimum absolute atomic E-state index is 0.0581. The van der Waals surface area contributed by atoms with Gasteiger partial charge in [0.1, 0.15) is 5.69 Å². The maximum atomic E-state index is 11.1. The van der Waals surface area contributed by atoms with Gasteiger partial charge >= 0.3 is 0 Å². The quantitative estimate of drug-likeness (QED) is 0.671. The Balaban J connectivity index is 2.34. The van der Waals surface area contributed by atoms with Gasteiger partial charge in [-0.3, -0.25) is 4.79 Å². The van der Waals surface area contributed by atoms with Crippen LogP contribution in [0, 0.1) is 0 Å². The molecule has 0 saturated carbocycles. The molecule has 2 rings (SSSR count). The fourth-order valence-corrected chi connectivity index (χ4v) is 1.42. The van der Waals surface area contributed by atoms with E-state index in [9.17, 15) is 4.79 Å². The zero-order valence-electron chi connectivity index (χ0n) is 7.02. The van der Waals surface area contributed by atoms with Gasteiger partial charge in [-0.1, -0.05) is 0 Å². The molecule has 0 bridgehead atoms. The number of aromatic nitrogens is 3. The molecule has 6 nitrogen and oxygen atoms in total. The number of nitrogens with one attached hydrogen (secondary N) is 2. The second-order valence-electron chi connectivity index (χ2n) is 2.46. The number of rotatable bonds is 2. The first-order valence-corrected chi connectivity index (χ1v) is 4.65. The largest absolute Gasteiger partial charge is 0.391 e. The van der Waals surface area contributed by atoms with Crippen LogP contribution < -0.4 is 16.6 Å². The third-order valence-electron chi connectivity index (χ3n) is 1.55. The van der Waals surface area contributed by atoms with E-state index in [1.54, 1.807) is 6.20 Å². The highest BCUT2D eigenvalue weighted by molar-refractivity contribution is 7.13. The predicted octanol–water partition coefficient (Wildman–Crippen LogP) is 0.552. The minimum atomic E-state index is -0.362. The third-order valence-corrected chi connectivity index (χ3v) is 2.24. The van der Waals surface area contributed by atoms with Crippen molar-refractivity contribution in [3.63, 3.8) is 0 Å². The van der Waals surface area contributed by atoms with E-state index in [0.717, 1.165) is 0 Å². The number of nitrogen functional groups attached to an aromatic ring is 1. The van der Waals surface area contributed by atoms with Crippen LogP contribution in [0.4, 0.5) is 16.6 Å². The lowest BCUT2D eigenvalue weighted by Gasteiger charge is -2.02. The number of aromatic amines is 1. The summed E-state index contributed by atoms with van der Waals surface area (Å²) in [7, 11) is 0. The first kappa shape index (κ1) is 8.70. The lowest BCUT2D eigenvalue weighted by Crippen LogP contribution is -2.14. The van der Waals surface area contributed by atoms with Gasteiger partial charge in [-0.2, -0.15) is 0 Å². The highest BCUT2D eigenvalue weighted by Crippen LogP contribution is 2.18. The molecule has 4 N–H and O–H groups in total. The highest BCUT2D eigenvalue weighted by atomic mass is 32.1. The third kappa shape index (κ3) is 1.57. The summed E-state index contributed by atoms with van der Waals surface area (Å²) in [6, 6.07) is 0. The van der Waals surface area contributed by atoms with Crippen molar-refractivity contribution in [2.45, 2.75) is 0 Å². The van der Waals surface area contributed by atoms with Crippen molar-refractivity contribution in [2.75, 3.05) is 11.1 Å². The Labute approximate surface area is 82.8 Å². The molecule has 2 aromatic heterocycles. The molecule has 7 heteroatoms. The molecule has 0 aromatic carbocycles. The molecule has 72 valence electrons. The standard InChI is InChI=1S/C7H7N5OS/c8-4-5(10-3-11-6(4)13)12-7-9-1-2-14-7/h1-3H,8H2,(H2,9,10,11,12,13). The van der Waals surface area contributed by atoms with Crippen LogP contribution >= 0.6 is 11.3 Å². The van der Waals surface area contributed by atoms with Gasteiger partial charge < -0.3 is 16.0 Å². The van der Waals surface area contributed by atoms with Crippen LogP contribution in [0.2, 0.25) is 0 Å². The monoisotopic (exact) mass is 209 g/mol. The molecular weight excluding hydrogens is 202 g/mol. The summed E-state index contributed by atoms with van der Waals surface area (Å²) in [5.41, 5.74) is 5.20. The zero-order chi connectivity index (χ0) is 9.97. The summed E-state index contributed by atoms with van der Waals surface area (Å²) < 4.78 is 0. The Hall–Kier alpha value is -1.89. The van der Waals surface area contributed by atoms with Crippen molar-refractivity contribution in [1.29, 1.82) is 0 Å². The number of anilines is 3. The van der Waals surface area contributed by atoms with Crippen LogP contribution in [-0.4, -0.2) is 15.0 Å². The lowest BCUT2D eigenvalue weighted by molar-refractivity contribution is 1.12. The second kappa shape index (κ2) is 3.46. The van der Waals surface area contributed by atoms with Gasteiger partial charge in [0, 0.05) is 11.6 Å². The molecule has 0 atom stereocenters. The Kier molecular flexibility index (Phi) is 2.15. The molecule has 0 spiro atoms. The Bertz CT molecular complexity index is 477. The Morgan fingerprint density at radius 1 is 1.50 bits per heavy atom. The number of hydrogen-bond donors (Lipinski definition) is 3. The number of nitrogens with two attached hydrogens (primary N) is 1. The van der Waals surface area contributed by atoms with E-state index in [0.29, 0.717) is 10.9 Å². The van der Waals surface area contributed by atoms with E-state index in [4.69, 9.17) is 5.73 Å². The van der Waals surface area contributed by atoms with Crippen LogP contribution in [0.15, 0.2) is 22.7 Å². The first-order chi connectivity index (χ1) is 6.77. The van der Waals surface area contributed by atoms with E-state index >= 15 is 0 Å². The second-order valence-corrected chi connectivity index (χ2v) is 3.35. The van der Waals surface area contributed by atoms with Crippen molar-refractivity contribution >= 4 is 28.0 Å². The molecule has 0 fully saturated rings. The molecule has 0 aliphatic rings. The van der Waals surface area contributed by atoms with Gasteiger partial charge in [-0.05, 0) is 0 Å². The van der Waals surface area contributed by atoms with Crippen molar-refractivity contribution < 1.29 is 0 Å². The molecule has 2 aromatic rings. The number of thiazole rings is 1. The van der Waals surface area contributed by atoms with E-state index < -0.39 is 0 Å². The van der Waals surface area contributed by atoms with Crippen LogP contribution in [0.3, 0.4) is 0 Å². The molecule has 2 heterocycles. The van der Waals surface area contributed by atoms with Gasteiger partial charge in [0.15, 0.2) is 10.9 Å². The van der Waals surface area contributed by atoms with Gasteiger partial charge in [0.05, 0.1) is 6.33 Å². The Morgan fingerprint density at radius 3 is 3.07 bits per heavy atom. The lowest BCUT2D eigenvalue weighted by atomic mass is 10.5. The van der Waals surface area contributed by atoms with Crippen molar-refractivity contribution in [3.8, 4) is 0 Å². The molecular formula is C7H7N5OS. The van der Waals surface area contributed by atoms with Crippen LogP contribution in [-0.2, 0) is 0 Å². The average Bonchev–Trinajstić information content (AvgIpc) is 2.66. The summed E-state index contributed by atoms with van der Waals surface area (Å²) in [4.78, 5) is 21.3.